The minimum Gasteiger partial charge on any atom is -0.507 e. The van der Waals surface area contributed by atoms with E-state index in [-0.39, 0.29) is 11.5 Å². The summed E-state index contributed by atoms with van der Waals surface area (Å²) in [6.07, 6.45) is -3.25. The number of ether oxygens (including phenoxy) is 1. The Morgan fingerprint density at radius 3 is 2.67 bits per heavy atom. The van der Waals surface area contributed by atoms with E-state index in [1.807, 2.05) is 0 Å². The quantitative estimate of drug-likeness (QED) is 0.650. The van der Waals surface area contributed by atoms with Crippen molar-refractivity contribution < 1.29 is 27.8 Å². The van der Waals surface area contributed by atoms with Crippen molar-refractivity contribution in [2.24, 2.45) is 5.10 Å². The van der Waals surface area contributed by atoms with Gasteiger partial charge in [-0.15, -0.1) is 0 Å². The number of carbonyl (C=O) groups excluding carboxylic acids is 1. The molecule has 126 valence electrons. The largest absolute Gasteiger partial charge is 0.507 e. The number of hydrazone groups is 1. The zero-order valence-corrected chi connectivity index (χ0v) is 12.2. The van der Waals surface area contributed by atoms with Crippen molar-refractivity contribution >= 4 is 12.1 Å². The summed E-state index contributed by atoms with van der Waals surface area (Å²) in [6, 6.07) is 10.6. The van der Waals surface area contributed by atoms with Gasteiger partial charge in [0.25, 0.3) is 5.91 Å². The maximum absolute atomic E-state index is 12.6. The average molecular weight is 338 g/mol. The fourth-order valence-electron chi connectivity index (χ4n) is 1.71. The molecule has 5 nitrogen and oxygen atoms in total. The Morgan fingerprint density at radius 1 is 1.21 bits per heavy atom. The Morgan fingerprint density at radius 2 is 1.96 bits per heavy atom. The summed E-state index contributed by atoms with van der Waals surface area (Å²) in [5, 5.41) is 13.1. The second-order valence-corrected chi connectivity index (χ2v) is 4.67. The van der Waals surface area contributed by atoms with Gasteiger partial charge in [0.15, 0.2) is 6.61 Å². The second kappa shape index (κ2) is 7.49. The smallest absolute Gasteiger partial charge is 0.416 e. The number of nitrogens with one attached hydrogen (secondary N) is 1. The lowest BCUT2D eigenvalue weighted by Gasteiger charge is -2.09. The van der Waals surface area contributed by atoms with Crippen LogP contribution in [0.15, 0.2) is 53.6 Å². The molecule has 0 aliphatic rings. The van der Waals surface area contributed by atoms with Gasteiger partial charge in [0.05, 0.1) is 11.8 Å². The number of rotatable bonds is 5. The van der Waals surface area contributed by atoms with E-state index in [4.69, 9.17) is 4.74 Å². The zero-order chi connectivity index (χ0) is 17.6. The van der Waals surface area contributed by atoms with E-state index in [1.165, 1.54) is 24.4 Å². The molecule has 0 aromatic heterocycles. The van der Waals surface area contributed by atoms with Gasteiger partial charge in [0, 0.05) is 5.56 Å². The zero-order valence-electron chi connectivity index (χ0n) is 12.2. The summed E-state index contributed by atoms with van der Waals surface area (Å²) in [6.45, 7) is -0.501. The summed E-state index contributed by atoms with van der Waals surface area (Å²) in [5.74, 6) is -0.737. The lowest BCUT2D eigenvalue weighted by molar-refractivity contribution is -0.137. The summed E-state index contributed by atoms with van der Waals surface area (Å²) < 4.78 is 42.7. The van der Waals surface area contributed by atoms with E-state index in [0.717, 1.165) is 12.1 Å². The van der Waals surface area contributed by atoms with E-state index in [1.54, 1.807) is 18.2 Å². The van der Waals surface area contributed by atoms with E-state index >= 15 is 0 Å². The van der Waals surface area contributed by atoms with Crippen LogP contribution < -0.4 is 10.2 Å². The van der Waals surface area contributed by atoms with Gasteiger partial charge < -0.3 is 9.84 Å². The topological polar surface area (TPSA) is 70.9 Å². The normalized spacial score (nSPS) is 11.5. The Labute approximate surface area is 135 Å². The number of aromatic hydroxyl groups is 1. The first kappa shape index (κ1) is 17.3. The lowest BCUT2D eigenvalue weighted by atomic mass is 10.2. The molecule has 2 rings (SSSR count). The minimum absolute atomic E-state index is 0.00397. The monoisotopic (exact) mass is 338 g/mol. The lowest BCUT2D eigenvalue weighted by Crippen LogP contribution is -2.24. The summed E-state index contributed by atoms with van der Waals surface area (Å²) in [7, 11) is 0. The van der Waals surface area contributed by atoms with Gasteiger partial charge >= 0.3 is 6.18 Å². The molecule has 0 atom stereocenters. The van der Waals surface area contributed by atoms with Crippen molar-refractivity contribution in [1.29, 1.82) is 0 Å². The SMILES string of the molecule is O=C(COc1cccc(C(F)(F)F)c1)NN=Cc1ccccc1O. The van der Waals surface area contributed by atoms with Crippen molar-refractivity contribution in [1.82, 2.24) is 5.43 Å². The van der Waals surface area contributed by atoms with Gasteiger partial charge in [-0.2, -0.15) is 18.3 Å². The molecule has 0 heterocycles. The number of alkyl halides is 3. The molecule has 0 aliphatic heterocycles. The first-order valence-electron chi connectivity index (χ1n) is 6.76. The Balaban J connectivity index is 1.87. The standard InChI is InChI=1S/C16H13F3N2O3/c17-16(18,19)12-5-3-6-13(8-12)24-10-15(23)21-20-9-11-4-1-2-7-14(11)22/h1-9,22H,10H2,(H,21,23). The van der Waals surface area contributed by atoms with Gasteiger partial charge in [-0.1, -0.05) is 18.2 Å². The molecule has 0 radical (unpaired) electrons. The van der Waals surface area contributed by atoms with Gasteiger partial charge in [0.1, 0.15) is 11.5 Å². The van der Waals surface area contributed by atoms with E-state index in [0.29, 0.717) is 5.56 Å². The molecule has 0 spiro atoms. The molecule has 2 N–H and O–H groups in total. The van der Waals surface area contributed by atoms with Crippen LogP contribution in [0.2, 0.25) is 0 Å². The molecule has 0 bridgehead atoms. The predicted octanol–water partition coefficient (Wildman–Crippen LogP) is 2.94. The van der Waals surface area contributed by atoms with E-state index < -0.39 is 24.3 Å². The maximum atomic E-state index is 12.6. The minimum atomic E-state index is -4.48. The van der Waals surface area contributed by atoms with Gasteiger partial charge in [-0.05, 0) is 30.3 Å². The average Bonchev–Trinajstić information content (AvgIpc) is 2.54. The Kier molecular flexibility index (Phi) is 5.41. The first-order valence-corrected chi connectivity index (χ1v) is 6.76. The number of phenols is 1. The second-order valence-electron chi connectivity index (χ2n) is 4.67. The van der Waals surface area contributed by atoms with Gasteiger partial charge in [0.2, 0.25) is 0 Å². The Hall–Kier alpha value is -3.03. The number of nitrogens with zero attached hydrogens (tertiary/aromatic N) is 1. The van der Waals surface area contributed by atoms with Crippen molar-refractivity contribution in [3.05, 3.63) is 59.7 Å². The van der Waals surface area contributed by atoms with Crippen molar-refractivity contribution in [3.63, 3.8) is 0 Å². The number of para-hydroxylation sites is 1. The first-order chi connectivity index (χ1) is 11.4. The highest BCUT2D eigenvalue weighted by Crippen LogP contribution is 2.31. The fourth-order valence-corrected chi connectivity index (χ4v) is 1.71. The van der Waals surface area contributed by atoms with E-state index in [2.05, 4.69) is 10.5 Å². The molecule has 0 fully saturated rings. The summed E-state index contributed by atoms with van der Waals surface area (Å²) >= 11 is 0. The molecule has 2 aromatic rings. The highest BCUT2D eigenvalue weighted by molar-refractivity contribution is 5.85. The molecule has 0 aliphatic carbocycles. The Bertz CT molecular complexity index is 745. The molecule has 24 heavy (non-hydrogen) atoms. The predicted molar refractivity (Wildman–Crippen MR) is 80.8 cm³/mol. The third-order valence-electron chi connectivity index (χ3n) is 2.86. The fraction of sp³-hybridized carbons (Fsp3) is 0.125. The van der Waals surface area contributed by atoms with Crippen LogP contribution in [-0.2, 0) is 11.0 Å². The number of amides is 1. The number of hydrogen-bond donors (Lipinski definition) is 2. The summed E-state index contributed by atoms with van der Waals surface area (Å²) in [4.78, 5) is 11.5. The van der Waals surface area contributed by atoms with Crippen LogP contribution in [-0.4, -0.2) is 23.8 Å². The number of benzene rings is 2. The third-order valence-corrected chi connectivity index (χ3v) is 2.86. The highest BCUT2D eigenvalue weighted by Gasteiger charge is 2.30. The van der Waals surface area contributed by atoms with Crippen LogP contribution in [0.1, 0.15) is 11.1 Å². The van der Waals surface area contributed by atoms with Gasteiger partial charge in [-0.3, -0.25) is 4.79 Å². The number of carbonyl (C=O) groups is 1. The van der Waals surface area contributed by atoms with E-state index in [9.17, 15) is 23.1 Å². The van der Waals surface area contributed by atoms with Crippen molar-refractivity contribution in [2.75, 3.05) is 6.61 Å². The molecular weight excluding hydrogens is 325 g/mol. The molecule has 0 saturated heterocycles. The van der Waals surface area contributed by atoms with Gasteiger partial charge in [-0.25, -0.2) is 5.43 Å². The molecule has 0 saturated carbocycles. The third kappa shape index (κ3) is 5.01. The van der Waals surface area contributed by atoms with Crippen molar-refractivity contribution in [2.45, 2.75) is 6.18 Å². The van der Waals surface area contributed by atoms with Crippen LogP contribution in [0.5, 0.6) is 11.5 Å². The van der Waals surface area contributed by atoms with Crippen LogP contribution in [0.25, 0.3) is 0 Å². The number of hydrogen-bond acceptors (Lipinski definition) is 4. The molecule has 0 unspecified atom stereocenters. The molecule has 2 aromatic carbocycles. The highest BCUT2D eigenvalue weighted by atomic mass is 19.4. The number of phenolic OH excluding ortho intramolecular Hbond substituents is 1. The summed E-state index contributed by atoms with van der Waals surface area (Å²) in [5.41, 5.74) is 1.68. The van der Waals surface area contributed by atoms with Crippen LogP contribution in [0.4, 0.5) is 13.2 Å². The van der Waals surface area contributed by atoms with Crippen molar-refractivity contribution in [3.8, 4) is 11.5 Å². The number of halogens is 3. The van der Waals surface area contributed by atoms with Crippen LogP contribution in [0, 0.1) is 0 Å². The van der Waals surface area contributed by atoms with Crippen LogP contribution in [0.3, 0.4) is 0 Å². The molecule has 1 amide bonds. The maximum Gasteiger partial charge on any atom is 0.416 e. The molecule has 8 heteroatoms. The molecular formula is C16H13F3N2O3. The van der Waals surface area contributed by atoms with Crippen LogP contribution >= 0.6 is 0 Å².